The van der Waals surface area contributed by atoms with Crippen LogP contribution in [0.3, 0.4) is 0 Å². The SMILES string of the molecule is CC(=O)[O-].Cc1cc(/C=N/O)ccc1Br.Cc1cc(C=O)ccc1Br.Cl.ONO.[Na+]. The van der Waals surface area contributed by atoms with Crippen molar-refractivity contribution in [3.05, 3.63) is 67.6 Å². The van der Waals surface area contributed by atoms with E-state index in [1.54, 1.807) is 6.07 Å². The first kappa shape index (κ1) is 36.5. The van der Waals surface area contributed by atoms with E-state index in [9.17, 15) is 4.79 Å². The largest absolute Gasteiger partial charge is 1.00 e. The van der Waals surface area contributed by atoms with Crippen LogP contribution in [0.15, 0.2) is 50.5 Å². The fraction of sp³-hybridized carbons (Fsp3) is 0.167. The number of nitrogens with one attached hydrogen (secondary N) is 1. The van der Waals surface area contributed by atoms with Gasteiger partial charge >= 0.3 is 29.6 Å². The van der Waals surface area contributed by atoms with Gasteiger partial charge in [0, 0.05) is 20.5 Å². The van der Waals surface area contributed by atoms with Crippen molar-refractivity contribution in [2.24, 2.45) is 5.16 Å². The summed E-state index contributed by atoms with van der Waals surface area (Å²) in [5.41, 5.74) is 4.58. The van der Waals surface area contributed by atoms with E-state index in [1.165, 1.54) is 6.21 Å². The molecular weight excluding hydrogens is 558 g/mol. The Bertz CT molecular complexity index is 778. The smallest absolute Gasteiger partial charge is 0.550 e. The third kappa shape index (κ3) is 20.5. The molecule has 162 valence electrons. The minimum absolute atomic E-state index is 0. The van der Waals surface area contributed by atoms with E-state index < -0.39 is 5.97 Å². The summed E-state index contributed by atoms with van der Waals surface area (Å²) in [6.07, 6.45) is 2.25. The Hall–Kier alpha value is -0.820. The van der Waals surface area contributed by atoms with Crippen molar-refractivity contribution in [2.45, 2.75) is 20.8 Å². The molecule has 0 saturated heterocycles. The van der Waals surface area contributed by atoms with Crippen molar-refractivity contribution in [3.63, 3.8) is 0 Å². The number of rotatable bonds is 2. The number of carbonyl (C=O) groups is 2. The predicted molar refractivity (Wildman–Crippen MR) is 117 cm³/mol. The molecule has 2 aromatic rings. The van der Waals surface area contributed by atoms with Crippen LogP contribution >= 0.6 is 44.3 Å². The van der Waals surface area contributed by atoms with Gasteiger partial charge in [0.15, 0.2) is 0 Å². The standard InChI is InChI=1S/C8H8BrNO.C8H7BrO.C2H4O2.ClH.H3NO2.Na/c1-6-4-7(5-10-11)2-3-8(6)9;1-6-4-7(5-10)2-3-8(6)9;1-2(3)4;;2-1-3;/h2-5,11H,1H3;2-5H,1H3;1H3,(H,3,4);1H;1-3H;/q;;;;;+1/p-1/b10-5+;;;;;. The topological polar surface area (TPSA) is 142 Å². The maximum Gasteiger partial charge on any atom is 1.00 e. The number of aldehydes is 1. The van der Waals surface area contributed by atoms with Crippen LogP contribution in [0.5, 0.6) is 0 Å². The van der Waals surface area contributed by atoms with E-state index in [1.807, 2.05) is 44.2 Å². The molecule has 8 nitrogen and oxygen atoms in total. The van der Waals surface area contributed by atoms with Crippen molar-refractivity contribution in [1.29, 1.82) is 0 Å². The molecule has 0 heterocycles. The van der Waals surface area contributed by atoms with Crippen LogP contribution < -0.4 is 40.3 Å². The van der Waals surface area contributed by atoms with Gasteiger partial charge < -0.3 is 15.1 Å². The van der Waals surface area contributed by atoms with Gasteiger partial charge in [-0.25, -0.2) is 0 Å². The quantitative estimate of drug-likeness (QED) is 0.135. The molecule has 0 aliphatic carbocycles. The second-order valence-corrected chi connectivity index (χ2v) is 6.68. The maximum absolute atomic E-state index is 10.3. The zero-order valence-electron chi connectivity index (χ0n) is 16.8. The number of benzene rings is 2. The van der Waals surface area contributed by atoms with Gasteiger partial charge in [0.1, 0.15) is 6.29 Å². The molecule has 2 rings (SSSR count). The first-order valence-corrected chi connectivity index (χ1v) is 9.07. The van der Waals surface area contributed by atoms with E-state index in [4.69, 9.17) is 25.5 Å². The molecule has 0 unspecified atom stereocenters. The van der Waals surface area contributed by atoms with Crippen molar-refractivity contribution < 1.29 is 59.9 Å². The summed E-state index contributed by atoms with van der Waals surface area (Å²) < 4.78 is 2.10. The second-order valence-electron chi connectivity index (χ2n) is 4.97. The third-order valence-corrected chi connectivity index (χ3v) is 4.49. The van der Waals surface area contributed by atoms with E-state index in [-0.39, 0.29) is 42.0 Å². The summed E-state index contributed by atoms with van der Waals surface area (Å²) in [5.74, 6) is -1.08. The third-order valence-electron chi connectivity index (χ3n) is 2.71. The molecule has 2 aromatic carbocycles. The number of hydrogen-bond acceptors (Lipinski definition) is 8. The summed E-state index contributed by atoms with van der Waals surface area (Å²) in [5, 5.41) is 33.8. The van der Waals surface area contributed by atoms with Crippen molar-refractivity contribution in [3.8, 4) is 0 Å². The molecule has 0 spiro atoms. The Morgan fingerprint density at radius 3 is 1.67 bits per heavy atom. The van der Waals surface area contributed by atoms with Gasteiger partial charge in [0.2, 0.25) is 0 Å². The van der Waals surface area contributed by atoms with Gasteiger partial charge in [-0.1, -0.05) is 54.8 Å². The zero-order valence-corrected chi connectivity index (χ0v) is 22.8. The molecule has 0 amide bonds. The van der Waals surface area contributed by atoms with Gasteiger partial charge in [-0.2, -0.15) is 0 Å². The minimum atomic E-state index is -1.08. The maximum atomic E-state index is 10.3. The fourth-order valence-electron chi connectivity index (χ4n) is 1.56. The number of nitrogens with zero attached hydrogens (tertiary/aromatic N) is 1. The van der Waals surface area contributed by atoms with Gasteiger partial charge in [-0.3, -0.25) is 15.2 Å². The van der Waals surface area contributed by atoms with Crippen molar-refractivity contribution >= 4 is 62.7 Å². The molecule has 0 fully saturated rings. The molecule has 0 radical (unpaired) electrons. The molecule has 0 saturated carbocycles. The van der Waals surface area contributed by atoms with Crippen LogP contribution in [0, 0.1) is 13.8 Å². The second kappa shape index (κ2) is 22.9. The molecule has 0 bridgehead atoms. The van der Waals surface area contributed by atoms with Gasteiger partial charge in [-0.15, -0.1) is 12.4 Å². The number of oxime groups is 1. The molecule has 0 aromatic heterocycles. The molecule has 0 aliphatic rings. The van der Waals surface area contributed by atoms with Crippen LogP contribution in [-0.4, -0.2) is 34.1 Å². The van der Waals surface area contributed by atoms with Gasteiger partial charge in [-0.05, 0) is 61.7 Å². The zero-order chi connectivity index (χ0) is 22.1. The van der Waals surface area contributed by atoms with Crippen LogP contribution in [0.25, 0.3) is 0 Å². The average Bonchev–Trinajstić information content (AvgIpc) is 2.62. The number of hydrogen-bond donors (Lipinski definition) is 4. The molecule has 4 N–H and O–H groups in total. The number of carbonyl (C=O) groups excluding carboxylic acids is 2. The Labute approximate surface area is 220 Å². The Balaban J connectivity index is -0.000000165. The summed E-state index contributed by atoms with van der Waals surface area (Å²) in [6.45, 7) is 4.91. The number of carboxylic acids is 1. The molecule has 12 heteroatoms. The Morgan fingerprint density at radius 2 is 1.37 bits per heavy atom. The van der Waals surface area contributed by atoms with E-state index in [2.05, 4.69) is 37.0 Å². The molecule has 0 atom stereocenters. The Kier molecular flexibility index (Phi) is 27.8. The van der Waals surface area contributed by atoms with Crippen LogP contribution in [-0.2, 0) is 4.79 Å². The molecule has 0 aliphatic heterocycles. The molecular formula is C18H22Br2ClN2NaO6. The Morgan fingerprint density at radius 1 is 1.03 bits per heavy atom. The average molecular weight is 581 g/mol. The number of halogens is 3. The predicted octanol–water partition coefficient (Wildman–Crippen LogP) is 0.672. The summed E-state index contributed by atoms with van der Waals surface area (Å²) in [6, 6.07) is 11.2. The number of aryl methyl sites for hydroxylation is 2. The van der Waals surface area contributed by atoms with Gasteiger partial charge in [0.05, 0.1) is 6.21 Å². The summed E-state index contributed by atoms with van der Waals surface area (Å²) >= 11 is 6.72. The molecule has 30 heavy (non-hydrogen) atoms. The van der Waals surface area contributed by atoms with Crippen LogP contribution in [0.4, 0.5) is 0 Å². The van der Waals surface area contributed by atoms with Crippen LogP contribution in [0.1, 0.15) is 34.0 Å². The first-order valence-electron chi connectivity index (χ1n) is 7.48. The number of carboxylic acid groups (broad SMARTS) is 1. The fourth-order valence-corrected chi connectivity index (χ4v) is 2.05. The first-order chi connectivity index (χ1) is 13.1. The van der Waals surface area contributed by atoms with Crippen LogP contribution in [0.2, 0.25) is 0 Å². The van der Waals surface area contributed by atoms with E-state index in [0.29, 0.717) is 0 Å². The summed E-state index contributed by atoms with van der Waals surface area (Å²) in [4.78, 5) is 19.1. The van der Waals surface area contributed by atoms with Crippen molar-refractivity contribution in [2.75, 3.05) is 0 Å². The number of aliphatic carboxylic acids is 1. The van der Waals surface area contributed by atoms with E-state index >= 15 is 0 Å². The van der Waals surface area contributed by atoms with E-state index in [0.717, 1.165) is 50.1 Å². The normalized spacial score (nSPS) is 8.50. The minimum Gasteiger partial charge on any atom is -0.550 e. The van der Waals surface area contributed by atoms with Crippen molar-refractivity contribution in [1.82, 2.24) is 5.64 Å². The summed E-state index contributed by atoms with van der Waals surface area (Å²) in [7, 11) is 0. The van der Waals surface area contributed by atoms with Gasteiger partial charge in [0.25, 0.3) is 0 Å². The monoisotopic (exact) mass is 578 g/mol.